The van der Waals surface area contributed by atoms with Gasteiger partial charge in [-0.05, 0) is 19.3 Å². The Labute approximate surface area is 387 Å². The molecule has 0 unspecified atom stereocenters. The van der Waals surface area contributed by atoms with Gasteiger partial charge in [-0.15, -0.1) is 0 Å². The van der Waals surface area contributed by atoms with E-state index in [9.17, 15) is 14.4 Å². The van der Waals surface area contributed by atoms with Crippen molar-refractivity contribution in [2.45, 2.75) is 329 Å². The number of hydrogen-bond donors (Lipinski definition) is 0. The minimum Gasteiger partial charge on any atom is -0.462 e. The molecule has 0 heterocycles. The van der Waals surface area contributed by atoms with Gasteiger partial charge >= 0.3 is 17.9 Å². The van der Waals surface area contributed by atoms with E-state index >= 15 is 0 Å². The van der Waals surface area contributed by atoms with E-state index in [2.05, 4.69) is 20.8 Å². The topological polar surface area (TPSA) is 78.9 Å². The van der Waals surface area contributed by atoms with Gasteiger partial charge in [0.25, 0.3) is 0 Å². The van der Waals surface area contributed by atoms with Gasteiger partial charge in [0.15, 0.2) is 6.10 Å². The van der Waals surface area contributed by atoms with Gasteiger partial charge < -0.3 is 14.2 Å². The van der Waals surface area contributed by atoms with Crippen molar-refractivity contribution in [3.8, 4) is 0 Å². The number of unbranched alkanes of at least 4 members (excludes halogenated alkanes) is 41. The van der Waals surface area contributed by atoms with Crippen molar-refractivity contribution < 1.29 is 28.6 Å². The maximum atomic E-state index is 12.8. The van der Waals surface area contributed by atoms with E-state index in [1.54, 1.807) is 0 Å². The first-order valence-corrected chi connectivity index (χ1v) is 28.0. The Kier molecular flexibility index (Phi) is 50.7. The van der Waals surface area contributed by atoms with Crippen molar-refractivity contribution in [3.63, 3.8) is 0 Å². The van der Waals surface area contributed by atoms with Gasteiger partial charge in [-0.3, -0.25) is 14.4 Å². The zero-order valence-corrected chi connectivity index (χ0v) is 42.2. The normalized spacial score (nSPS) is 11.9. The average molecular weight is 877 g/mol. The Bertz CT molecular complexity index is 920. The van der Waals surface area contributed by atoms with Crippen LogP contribution in [0.4, 0.5) is 0 Å². The van der Waals surface area contributed by atoms with Crippen LogP contribution in [0.1, 0.15) is 323 Å². The molecule has 0 aromatic carbocycles. The second kappa shape index (κ2) is 52.0. The molecule has 62 heavy (non-hydrogen) atoms. The van der Waals surface area contributed by atoms with Crippen LogP contribution in [0.3, 0.4) is 0 Å². The van der Waals surface area contributed by atoms with E-state index in [-0.39, 0.29) is 31.1 Å². The summed E-state index contributed by atoms with van der Waals surface area (Å²) in [7, 11) is 0. The Morgan fingerprint density at radius 3 is 0.645 bits per heavy atom. The maximum Gasteiger partial charge on any atom is 0.306 e. The third kappa shape index (κ3) is 49.4. The predicted octanol–water partition coefficient (Wildman–Crippen LogP) is 18.4. The van der Waals surface area contributed by atoms with Crippen LogP contribution in [0.5, 0.6) is 0 Å². The second-order valence-electron chi connectivity index (χ2n) is 19.2. The first-order valence-electron chi connectivity index (χ1n) is 28.0. The number of esters is 3. The molecule has 0 radical (unpaired) electrons. The van der Waals surface area contributed by atoms with Gasteiger partial charge in [0.1, 0.15) is 13.2 Å². The Morgan fingerprint density at radius 1 is 0.258 bits per heavy atom. The van der Waals surface area contributed by atoms with Crippen LogP contribution in [-0.4, -0.2) is 37.2 Å². The molecule has 0 rings (SSSR count). The molecule has 0 bridgehead atoms. The van der Waals surface area contributed by atoms with E-state index in [1.165, 1.54) is 225 Å². The lowest BCUT2D eigenvalue weighted by molar-refractivity contribution is -0.167. The minimum atomic E-state index is -0.760. The standard InChI is InChI=1S/C56H108O6/c1-4-7-10-13-16-19-22-25-27-28-30-31-34-37-40-43-46-49-55(58)61-52-53(51-60-54(57)48-45-42-39-36-33-24-21-18-15-12-9-6-3)62-56(59)50-47-44-41-38-35-32-29-26-23-20-17-14-11-8-5-2/h53H,4-52H2,1-3H3/t53-/m0/s1. The summed E-state index contributed by atoms with van der Waals surface area (Å²) in [5, 5.41) is 0. The predicted molar refractivity (Wildman–Crippen MR) is 266 cm³/mol. The summed E-state index contributed by atoms with van der Waals surface area (Å²) in [4.78, 5) is 38.0. The van der Waals surface area contributed by atoms with E-state index in [0.717, 1.165) is 57.8 Å². The first kappa shape index (κ1) is 60.4. The van der Waals surface area contributed by atoms with Crippen LogP contribution in [0.2, 0.25) is 0 Å². The molecule has 0 saturated carbocycles. The maximum absolute atomic E-state index is 12.8. The number of hydrogen-bond acceptors (Lipinski definition) is 6. The molecule has 1 atom stereocenters. The molecule has 0 amide bonds. The summed E-state index contributed by atoms with van der Waals surface area (Å²) in [5.74, 6) is -0.835. The fourth-order valence-electron chi connectivity index (χ4n) is 8.62. The van der Waals surface area contributed by atoms with Crippen LogP contribution in [0.15, 0.2) is 0 Å². The molecule has 0 aliphatic carbocycles. The molecule has 6 heteroatoms. The molecular weight excluding hydrogens is 769 g/mol. The van der Waals surface area contributed by atoms with E-state index < -0.39 is 6.10 Å². The third-order valence-electron chi connectivity index (χ3n) is 12.9. The SMILES string of the molecule is CCCCCCCCCCCCCCCCCCCC(=O)OC[C@H](COC(=O)CCCCCCCCCCCCCC)OC(=O)CCCCCCCCCCCCCCCCC. The second-order valence-corrected chi connectivity index (χ2v) is 19.2. The zero-order chi connectivity index (χ0) is 45.1. The quantitative estimate of drug-likeness (QED) is 0.0344. The Hall–Kier alpha value is -1.59. The zero-order valence-electron chi connectivity index (χ0n) is 42.2. The van der Waals surface area contributed by atoms with Crippen molar-refractivity contribution in [2.75, 3.05) is 13.2 Å². The summed E-state index contributed by atoms with van der Waals surface area (Å²) in [6, 6.07) is 0. The van der Waals surface area contributed by atoms with Crippen molar-refractivity contribution in [1.82, 2.24) is 0 Å². The van der Waals surface area contributed by atoms with Crippen LogP contribution in [-0.2, 0) is 28.6 Å². The monoisotopic (exact) mass is 877 g/mol. The van der Waals surface area contributed by atoms with Crippen LogP contribution >= 0.6 is 0 Å². The van der Waals surface area contributed by atoms with Gasteiger partial charge in [0.2, 0.25) is 0 Å². The van der Waals surface area contributed by atoms with Crippen LogP contribution in [0, 0.1) is 0 Å². The Balaban J connectivity index is 4.28. The van der Waals surface area contributed by atoms with Crippen molar-refractivity contribution in [3.05, 3.63) is 0 Å². The first-order chi connectivity index (χ1) is 30.5. The highest BCUT2D eigenvalue weighted by molar-refractivity contribution is 5.71. The van der Waals surface area contributed by atoms with Crippen molar-refractivity contribution in [2.24, 2.45) is 0 Å². The lowest BCUT2D eigenvalue weighted by Crippen LogP contribution is -2.30. The number of carbonyl (C=O) groups excluding carboxylic acids is 3. The van der Waals surface area contributed by atoms with E-state index in [0.29, 0.717) is 19.3 Å². The number of ether oxygens (including phenoxy) is 3. The summed E-state index contributed by atoms with van der Waals surface area (Å²) in [5.41, 5.74) is 0. The molecule has 6 nitrogen and oxygen atoms in total. The summed E-state index contributed by atoms with van der Waals surface area (Å²) >= 11 is 0. The van der Waals surface area contributed by atoms with Gasteiger partial charge in [-0.1, -0.05) is 284 Å². The largest absolute Gasteiger partial charge is 0.462 e. The summed E-state index contributed by atoms with van der Waals surface area (Å²) in [6.07, 6.45) is 56.6. The van der Waals surface area contributed by atoms with Crippen molar-refractivity contribution in [1.29, 1.82) is 0 Å². The molecule has 0 aromatic heterocycles. The molecule has 0 spiro atoms. The highest BCUT2D eigenvalue weighted by atomic mass is 16.6. The molecule has 368 valence electrons. The van der Waals surface area contributed by atoms with Gasteiger partial charge in [-0.2, -0.15) is 0 Å². The number of carbonyl (C=O) groups is 3. The Morgan fingerprint density at radius 2 is 0.435 bits per heavy atom. The molecule has 0 aromatic rings. The lowest BCUT2D eigenvalue weighted by atomic mass is 10.0. The smallest absolute Gasteiger partial charge is 0.306 e. The number of rotatable bonds is 52. The van der Waals surface area contributed by atoms with Gasteiger partial charge in [-0.25, -0.2) is 0 Å². The van der Waals surface area contributed by atoms with E-state index in [4.69, 9.17) is 14.2 Å². The summed E-state index contributed by atoms with van der Waals surface area (Å²) < 4.78 is 16.9. The molecule has 0 aliphatic heterocycles. The average Bonchev–Trinajstić information content (AvgIpc) is 3.27. The third-order valence-corrected chi connectivity index (χ3v) is 12.9. The van der Waals surface area contributed by atoms with Gasteiger partial charge in [0, 0.05) is 19.3 Å². The van der Waals surface area contributed by atoms with Crippen LogP contribution < -0.4 is 0 Å². The van der Waals surface area contributed by atoms with E-state index in [1.807, 2.05) is 0 Å². The van der Waals surface area contributed by atoms with Crippen molar-refractivity contribution >= 4 is 17.9 Å². The highest BCUT2D eigenvalue weighted by Crippen LogP contribution is 2.17. The lowest BCUT2D eigenvalue weighted by Gasteiger charge is -2.18. The molecule has 0 fully saturated rings. The molecular formula is C56H108O6. The molecule has 0 saturated heterocycles. The highest BCUT2D eigenvalue weighted by Gasteiger charge is 2.19. The molecule has 0 N–H and O–H groups in total. The molecule has 0 aliphatic rings. The fourth-order valence-corrected chi connectivity index (χ4v) is 8.62. The summed E-state index contributed by atoms with van der Waals surface area (Å²) in [6.45, 7) is 6.70. The minimum absolute atomic E-state index is 0.0612. The fraction of sp³-hybridized carbons (Fsp3) is 0.946. The van der Waals surface area contributed by atoms with Crippen LogP contribution in [0.25, 0.3) is 0 Å². The van der Waals surface area contributed by atoms with Gasteiger partial charge in [0.05, 0.1) is 0 Å².